The molecule has 0 saturated carbocycles. The molecule has 92 valence electrons. The Hall–Kier alpha value is -1.83. The zero-order chi connectivity index (χ0) is 13.4. The van der Waals surface area contributed by atoms with Crippen molar-refractivity contribution in [3.05, 3.63) is 51.5 Å². The Morgan fingerprint density at radius 2 is 2.00 bits per heavy atom. The minimum Gasteiger partial charge on any atom is -0.338 e. The Balaban J connectivity index is 2.27. The van der Waals surface area contributed by atoms with Crippen molar-refractivity contribution >= 4 is 38.6 Å². The number of nitriles is 1. The second-order valence-electron chi connectivity index (χ2n) is 4.00. The first-order valence-corrected chi connectivity index (χ1v) is 6.71. The van der Waals surface area contributed by atoms with Crippen LogP contribution in [0.15, 0.2) is 40.9 Å². The maximum atomic E-state index is 9.08. The fourth-order valence-electron chi connectivity index (χ4n) is 1.94. The Kier molecular flexibility index (Phi) is 3.02. The predicted molar refractivity (Wildman–Crippen MR) is 79.0 cm³/mol. The molecule has 0 saturated heterocycles. The summed E-state index contributed by atoms with van der Waals surface area (Å²) in [7, 11) is 0. The molecule has 3 rings (SSSR count). The molecule has 0 aliphatic heterocycles. The number of fused-ring (bicyclic) bond motifs is 1. The number of nitrogens with one attached hydrogen (secondary N) is 1. The van der Waals surface area contributed by atoms with Crippen molar-refractivity contribution in [2.75, 3.05) is 0 Å². The average molecular weight is 333 g/mol. The fraction of sp³-hybridized carbons (Fsp3) is 0. The van der Waals surface area contributed by atoms with Crippen molar-refractivity contribution in [2.24, 2.45) is 0 Å². The molecular formula is C14H7BrClN3. The first-order valence-electron chi connectivity index (χ1n) is 5.54. The van der Waals surface area contributed by atoms with Crippen molar-refractivity contribution in [1.82, 2.24) is 9.97 Å². The molecule has 1 heterocycles. The molecular weight excluding hydrogens is 326 g/mol. The lowest BCUT2D eigenvalue weighted by atomic mass is 10.2. The van der Waals surface area contributed by atoms with Crippen LogP contribution in [-0.2, 0) is 0 Å². The molecule has 1 aromatic heterocycles. The Bertz CT molecular complexity index is 817. The molecule has 0 radical (unpaired) electrons. The molecule has 0 atom stereocenters. The van der Waals surface area contributed by atoms with Gasteiger partial charge in [0.15, 0.2) is 0 Å². The van der Waals surface area contributed by atoms with Crippen LogP contribution in [-0.4, -0.2) is 9.97 Å². The maximum Gasteiger partial charge on any atom is 0.140 e. The third kappa shape index (κ3) is 2.01. The SMILES string of the molecule is N#Cc1cccc2[nH]c(-c3cccc(Br)c3Cl)nc12. The summed E-state index contributed by atoms with van der Waals surface area (Å²) < 4.78 is 0.813. The molecule has 19 heavy (non-hydrogen) atoms. The quantitative estimate of drug-likeness (QED) is 0.712. The van der Waals surface area contributed by atoms with Crippen LogP contribution in [0, 0.1) is 11.3 Å². The van der Waals surface area contributed by atoms with Crippen LogP contribution < -0.4 is 0 Å². The van der Waals surface area contributed by atoms with Gasteiger partial charge in [-0.05, 0) is 40.2 Å². The molecule has 3 aromatic rings. The zero-order valence-electron chi connectivity index (χ0n) is 9.61. The highest BCUT2D eigenvalue weighted by molar-refractivity contribution is 9.10. The third-order valence-corrected chi connectivity index (χ3v) is 4.14. The summed E-state index contributed by atoms with van der Waals surface area (Å²) in [4.78, 5) is 7.66. The molecule has 3 nitrogen and oxygen atoms in total. The lowest BCUT2D eigenvalue weighted by molar-refractivity contribution is 1.33. The van der Waals surface area contributed by atoms with E-state index >= 15 is 0 Å². The Morgan fingerprint density at radius 1 is 1.21 bits per heavy atom. The van der Waals surface area contributed by atoms with Gasteiger partial charge < -0.3 is 4.98 Å². The van der Waals surface area contributed by atoms with E-state index in [1.165, 1.54) is 0 Å². The summed E-state index contributed by atoms with van der Waals surface area (Å²) in [5.74, 6) is 0.656. The molecule has 0 spiro atoms. The minimum atomic E-state index is 0.547. The van der Waals surface area contributed by atoms with E-state index in [4.69, 9.17) is 16.9 Å². The smallest absolute Gasteiger partial charge is 0.140 e. The lowest BCUT2D eigenvalue weighted by Gasteiger charge is -2.01. The predicted octanol–water partition coefficient (Wildman–Crippen LogP) is 4.52. The van der Waals surface area contributed by atoms with E-state index in [1.807, 2.05) is 30.3 Å². The van der Waals surface area contributed by atoms with Gasteiger partial charge in [0.1, 0.15) is 17.4 Å². The number of rotatable bonds is 1. The van der Waals surface area contributed by atoms with Gasteiger partial charge in [-0.3, -0.25) is 0 Å². The van der Waals surface area contributed by atoms with Gasteiger partial charge >= 0.3 is 0 Å². The van der Waals surface area contributed by atoms with E-state index in [0.717, 1.165) is 15.6 Å². The summed E-state index contributed by atoms with van der Waals surface area (Å²) in [6.07, 6.45) is 0. The first kappa shape index (κ1) is 12.2. The fourth-order valence-corrected chi connectivity index (χ4v) is 2.52. The summed E-state index contributed by atoms with van der Waals surface area (Å²) >= 11 is 9.65. The normalized spacial score (nSPS) is 10.6. The highest BCUT2D eigenvalue weighted by Crippen LogP contribution is 2.33. The molecule has 0 bridgehead atoms. The van der Waals surface area contributed by atoms with Gasteiger partial charge in [-0.15, -0.1) is 0 Å². The highest BCUT2D eigenvalue weighted by Gasteiger charge is 2.12. The standard InChI is InChI=1S/C14H7BrClN3/c15-10-5-2-4-9(12(10)16)14-18-11-6-1-3-8(7-17)13(11)19-14/h1-6H,(H,18,19). The van der Waals surface area contributed by atoms with E-state index in [-0.39, 0.29) is 0 Å². The van der Waals surface area contributed by atoms with Gasteiger partial charge in [-0.2, -0.15) is 5.26 Å². The number of H-pyrrole nitrogens is 1. The number of aromatic nitrogens is 2. The molecule has 2 aromatic carbocycles. The molecule has 0 aliphatic carbocycles. The van der Waals surface area contributed by atoms with E-state index in [2.05, 4.69) is 32.0 Å². The topological polar surface area (TPSA) is 52.5 Å². The number of nitrogens with zero attached hydrogens (tertiary/aromatic N) is 2. The molecule has 0 aliphatic rings. The third-order valence-electron chi connectivity index (χ3n) is 2.84. The number of aromatic amines is 1. The Morgan fingerprint density at radius 3 is 2.79 bits per heavy atom. The van der Waals surface area contributed by atoms with Gasteiger partial charge in [0.05, 0.1) is 16.1 Å². The van der Waals surface area contributed by atoms with Crippen molar-refractivity contribution < 1.29 is 0 Å². The molecule has 0 amide bonds. The minimum absolute atomic E-state index is 0.547. The van der Waals surface area contributed by atoms with Crippen LogP contribution >= 0.6 is 27.5 Å². The molecule has 1 N–H and O–H groups in total. The van der Waals surface area contributed by atoms with Gasteiger partial charge in [0.2, 0.25) is 0 Å². The van der Waals surface area contributed by atoms with E-state index in [0.29, 0.717) is 21.9 Å². The van der Waals surface area contributed by atoms with Crippen LogP contribution in [0.4, 0.5) is 0 Å². The van der Waals surface area contributed by atoms with Crippen molar-refractivity contribution in [3.8, 4) is 17.5 Å². The van der Waals surface area contributed by atoms with E-state index in [9.17, 15) is 0 Å². The molecule has 0 unspecified atom stereocenters. The number of benzene rings is 2. The van der Waals surface area contributed by atoms with Crippen LogP contribution in [0.2, 0.25) is 5.02 Å². The number of imidazole rings is 1. The first-order chi connectivity index (χ1) is 9.20. The van der Waals surface area contributed by atoms with Crippen LogP contribution in [0.5, 0.6) is 0 Å². The highest BCUT2D eigenvalue weighted by atomic mass is 79.9. The molecule has 0 fully saturated rings. The van der Waals surface area contributed by atoms with E-state index in [1.54, 1.807) is 6.07 Å². The van der Waals surface area contributed by atoms with Crippen molar-refractivity contribution in [1.29, 1.82) is 5.26 Å². The number of hydrogen-bond acceptors (Lipinski definition) is 2. The van der Waals surface area contributed by atoms with Gasteiger partial charge in [-0.25, -0.2) is 4.98 Å². The largest absolute Gasteiger partial charge is 0.338 e. The number of hydrogen-bond donors (Lipinski definition) is 1. The van der Waals surface area contributed by atoms with Crippen LogP contribution in [0.1, 0.15) is 5.56 Å². The van der Waals surface area contributed by atoms with Gasteiger partial charge in [0.25, 0.3) is 0 Å². The lowest BCUT2D eigenvalue weighted by Crippen LogP contribution is -1.83. The second-order valence-corrected chi connectivity index (χ2v) is 5.23. The van der Waals surface area contributed by atoms with Gasteiger partial charge in [0, 0.05) is 10.0 Å². The zero-order valence-corrected chi connectivity index (χ0v) is 12.0. The number of para-hydroxylation sites is 1. The van der Waals surface area contributed by atoms with Crippen LogP contribution in [0.25, 0.3) is 22.4 Å². The molecule has 5 heteroatoms. The summed E-state index contributed by atoms with van der Waals surface area (Å²) in [6, 6.07) is 13.2. The summed E-state index contributed by atoms with van der Waals surface area (Å²) in [6.45, 7) is 0. The van der Waals surface area contributed by atoms with E-state index < -0.39 is 0 Å². The van der Waals surface area contributed by atoms with Crippen molar-refractivity contribution in [3.63, 3.8) is 0 Å². The van der Waals surface area contributed by atoms with Gasteiger partial charge in [-0.1, -0.05) is 23.7 Å². The summed E-state index contributed by atoms with van der Waals surface area (Å²) in [5, 5.41) is 9.67. The Labute approximate surface area is 123 Å². The summed E-state index contributed by atoms with van der Waals surface area (Å²) in [5.41, 5.74) is 2.84. The monoisotopic (exact) mass is 331 g/mol. The number of halogens is 2. The average Bonchev–Trinajstić information content (AvgIpc) is 2.85. The van der Waals surface area contributed by atoms with Crippen LogP contribution in [0.3, 0.4) is 0 Å². The van der Waals surface area contributed by atoms with Crippen molar-refractivity contribution in [2.45, 2.75) is 0 Å². The second kappa shape index (κ2) is 4.69. The maximum absolute atomic E-state index is 9.08.